The van der Waals surface area contributed by atoms with E-state index < -0.39 is 0 Å². The highest BCUT2D eigenvalue weighted by atomic mass is 79.9. The van der Waals surface area contributed by atoms with Crippen molar-refractivity contribution in [2.45, 2.75) is 45.6 Å². The Morgan fingerprint density at radius 2 is 2.05 bits per heavy atom. The molecule has 1 aromatic rings. The quantitative estimate of drug-likeness (QED) is 0.459. The lowest BCUT2D eigenvalue weighted by Gasteiger charge is -2.26. The molecule has 0 bridgehead atoms. The number of nitrogens with zero attached hydrogens (tertiary/aromatic N) is 1. The van der Waals surface area contributed by atoms with E-state index in [2.05, 4.69) is 28.2 Å². The molecule has 0 spiro atoms. The Morgan fingerprint density at radius 3 is 2.67 bits per heavy atom. The van der Waals surface area contributed by atoms with Crippen LogP contribution in [0.5, 0.6) is 0 Å². The second-order valence-electron chi connectivity index (χ2n) is 6.12. The van der Waals surface area contributed by atoms with Crippen LogP contribution < -0.4 is 5.32 Å². The van der Waals surface area contributed by atoms with Crippen molar-refractivity contribution in [2.24, 2.45) is 11.8 Å². The molecule has 1 fully saturated rings. The fraction of sp³-hybridized carbons (Fsp3) is 0.625. The van der Waals surface area contributed by atoms with Crippen LogP contribution in [-0.2, 0) is 6.54 Å². The maximum absolute atomic E-state index is 10.7. The standard InChI is InChI=1S/C16H23BrN2O2/c1-12-2-4-13(5-3-12)8-9-18-11-14-6-7-15(19(20)21)10-16(14)17/h6-7,10,12-13,18H,2-5,8-9,11H2,1H3. The van der Waals surface area contributed by atoms with Crippen LogP contribution in [0.1, 0.15) is 44.6 Å². The highest BCUT2D eigenvalue weighted by molar-refractivity contribution is 9.10. The minimum absolute atomic E-state index is 0.127. The predicted molar refractivity (Wildman–Crippen MR) is 88.2 cm³/mol. The van der Waals surface area contributed by atoms with Gasteiger partial charge in [-0.2, -0.15) is 0 Å². The Bertz CT molecular complexity index is 485. The first-order valence-corrected chi connectivity index (χ1v) is 8.49. The number of hydrogen-bond donors (Lipinski definition) is 1. The van der Waals surface area contributed by atoms with Crippen LogP contribution in [-0.4, -0.2) is 11.5 Å². The molecule has 0 aliphatic heterocycles. The molecule has 116 valence electrons. The van der Waals surface area contributed by atoms with Crippen LogP contribution in [0.15, 0.2) is 22.7 Å². The monoisotopic (exact) mass is 354 g/mol. The molecule has 1 saturated carbocycles. The van der Waals surface area contributed by atoms with Gasteiger partial charge in [-0.05, 0) is 36.4 Å². The number of hydrogen-bond acceptors (Lipinski definition) is 3. The SMILES string of the molecule is CC1CCC(CCNCc2ccc([N+](=O)[O-])cc2Br)CC1. The van der Waals surface area contributed by atoms with Gasteiger partial charge in [0.1, 0.15) is 0 Å². The molecule has 2 rings (SSSR count). The third-order valence-corrected chi connectivity index (χ3v) is 5.17. The summed E-state index contributed by atoms with van der Waals surface area (Å²) in [4.78, 5) is 10.3. The second-order valence-corrected chi connectivity index (χ2v) is 6.98. The lowest BCUT2D eigenvalue weighted by atomic mass is 9.81. The summed E-state index contributed by atoms with van der Waals surface area (Å²) < 4.78 is 0.802. The van der Waals surface area contributed by atoms with Gasteiger partial charge < -0.3 is 5.32 Å². The molecule has 0 saturated heterocycles. The molecule has 21 heavy (non-hydrogen) atoms. The largest absolute Gasteiger partial charge is 0.313 e. The van der Waals surface area contributed by atoms with Crippen molar-refractivity contribution in [3.8, 4) is 0 Å². The van der Waals surface area contributed by atoms with Gasteiger partial charge in [0, 0.05) is 23.2 Å². The Hall–Kier alpha value is -0.940. The summed E-state index contributed by atoms with van der Waals surface area (Å²) >= 11 is 3.41. The number of nitrogens with one attached hydrogen (secondary N) is 1. The van der Waals surface area contributed by atoms with E-state index in [1.165, 1.54) is 32.1 Å². The first-order valence-electron chi connectivity index (χ1n) is 7.70. The smallest absolute Gasteiger partial charge is 0.270 e. The molecule has 4 nitrogen and oxygen atoms in total. The Morgan fingerprint density at radius 1 is 1.33 bits per heavy atom. The maximum atomic E-state index is 10.7. The van der Waals surface area contributed by atoms with Gasteiger partial charge in [0.15, 0.2) is 0 Å². The number of benzene rings is 1. The van der Waals surface area contributed by atoms with Crippen LogP contribution in [0, 0.1) is 22.0 Å². The molecule has 0 heterocycles. The van der Waals surface area contributed by atoms with Gasteiger partial charge >= 0.3 is 0 Å². The minimum atomic E-state index is -0.369. The summed E-state index contributed by atoms with van der Waals surface area (Å²) in [6, 6.07) is 4.95. The van der Waals surface area contributed by atoms with Crippen LogP contribution in [0.25, 0.3) is 0 Å². The Kier molecular flexibility index (Phi) is 6.18. The first kappa shape index (κ1) is 16.4. The van der Waals surface area contributed by atoms with Crippen LogP contribution >= 0.6 is 15.9 Å². The van der Waals surface area contributed by atoms with Crippen LogP contribution in [0.4, 0.5) is 5.69 Å². The van der Waals surface area contributed by atoms with Gasteiger partial charge in [0.2, 0.25) is 0 Å². The summed E-state index contributed by atoms with van der Waals surface area (Å²) in [7, 11) is 0. The molecule has 0 unspecified atom stereocenters. The number of nitro groups is 1. The van der Waals surface area contributed by atoms with Gasteiger partial charge in [0.05, 0.1) is 4.92 Å². The topological polar surface area (TPSA) is 55.2 Å². The number of halogens is 1. The molecule has 1 N–H and O–H groups in total. The zero-order chi connectivity index (χ0) is 15.2. The summed E-state index contributed by atoms with van der Waals surface area (Å²) in [5.74, 6) is 1.78. The third kappa shape index (κ3) is 5.08. The molecular weight excluding hydrogens is 332 g/mol. The molecule has 1 aromatic carbocycles. The second kappa shape index (κ2) is 7.90. The Balaban J connectivity index is 1.72. The van der Waals surface area contributed by atoms with Crippen molar-refractivity contribution >= 4 is 21.6 Å². The number of rotatable bonds is 6. The zero-order valence-electron chi connectivity index (χ0n) is 12.5. The van der Waals surface area contributed by atoms with E-state index in [-0.39, 0.29) is 10.6 Å². The summed E-state index contributed by atoms with van der Waals surface area (Å²) in [6.45, 7) is 4.12. The van der Waals surface area contributed by atoms with Crippen molar-refractivity contribution < 1.29 is 4.92 Å². The molecule has 0 amide bonds. The van der Waals surface area contributed by atoms with Crippen LogP contribution in [0.2, 0.25) is 0 Å². The maximum Gasteiger partial charge on any atom is 0.270 e. The molecule has 0 aromatic heterocycles. The molecule has 0 radical (unpaired) electrons. The summed E-state index contributed by atoms with van der Waals surface area (Å²) in [5.41, 5.74) is 1.19. The van der Waals surface area contributed by atoms with Gasteiger partial charge in [-0.3, -0.25) is 10.1 Å². The van der Waals surface area contributed by atoms with Crippen molar-refractivity contribution in [3.05, 3.63) is 38.3 Å². The normalized spacial score (nSPS) is 22.2. The summed E-state index contributed by atoms with van der Waals surface area (Å²) in [5, 5.41) is 14.1. The summed E-state index contributed by atoms with van der Waals surface area (Å²) in [6.07, 6.45) is 6.71. The molecule has 1 aliphatic carbocycles. The molecule has 5 heteroatoms. The van der Waals surface area contributed by atoms with E-state index in [4.69, 9.17) is 0 Å². The minimum Gasteiger partial charge on any atom is -0.313 e. The highest BCUT2D eigenvalue weighted by Gasteiger charge is 2.17. The van der Waals surface area contributed by atoms with E-state index in [9.17, 15) is 10.1 Å². The van der Waals surface area contributed by atoms with Crippen molar-refractivity contribution in [2.75, 3.05) is 6.54 Å². The van der Waals surface area contributed by atoms with E-state index in [0.717, 1.165) is 35.0 Å². The lowest BCUT2D eigenvalue weighted by Crippen LogP contribution is -2.20. The van der Waals surface area contributed by atoms with Crippen LogP contribution in [0.3, 0.4) is 0 Å². The van der Waals surface area contributed by atoms with Crippen molar-refractivity contribution in [3.63, 3.8) is 0 Å². The van der Waals surface area contributed by atoms with Crippen molar-refractivity contribution in [1.82, 2.24) is 5.32 Å². The number of nitro benzene ring substituents is 1. The zero-order valence-corrected chi connectivity index (χ0v) is 14.1. The van der Waals surface area contributed by atoms with Gasteiger partial charge in [-0.15, -0.1) is 0 Å². The van der Waals surface area contributed by atoms with Crippen molar-refractivity contribution in [1.29, 1.82) is 0 Å². The predicted octanol–water partition coefficient (Wildman–Crippen LogP) is 4.66. The fourth-order valence-electron chi connectivity index (χ4n) is 2.94. The lowest BCUT2D eigenvalue weighted by molar-refractivity contribution is -0.384. The van der Waals surface area contributed by atoms with Gasteiger partial charge in [0.25, 0.3) is 5.69 Å². The fourth-order valence-corrected chi connectivity index (χ4v) is 3.45. The molecule has 1 aliphatic rings. The Labute approximate surface area is 134 Å². The average Bonchev–Trinajstić information content (AvgIpc) is 2.46. The average molecular weight is 355 g/mol. The van der Waals surface area contributed by atoms with E-state index >= 15 is 0 Å². The van der Waals surface area contributed by atoms with Gasteiger partial charge in [-0.25, -0.2) is 0 Å². The van der Waals surface area contributed by atoms with E-state index in [1.54, 1.807) is 12.1 Å². The molecular formula is C16H23BrN2O2. The van der Waals surface area contributed by atoms with E-state index in [0.29, 0.717) is 0 Å². The number of non-ortho nitro benzene ring substituents is 1. The van der Waals surface area contributed by atoms with E-state index in [1.807, 2.05) is 6.07 Å². The van der Waals surface area contributed by atoms with Gasteiger partial charge in [-0.1, -0.05) is 48.5 Å². The molecule has 0 atom stereocenters. The first-order chi connectivity index (χ1) is 10.1. The third-order valence-electron chi connectivity index (χ3n) is 4.43. The highest BCUT2D eigenvalue weighted by Crippen LogP contribution is 2.30.